The average Bonchev–Trinajstić information content (AvgIpc) is 2.72. The number of nitrogens with zero attached hydrogens (tertiary/aromatic N) is 1. The number of hydrogen-bond donors (Lipinski definition) is 0. The Morgan fingerprint density at radius 2 is 2.22 bits per heavy atom. The first-order chi connectivity index (χ1) is 8.63. The molecule has 1 aliphatic heterocycles. The van der Waals surface area contributed by atoms with Crippen LogP contribution in [0.1, 0.15) is 13.3 Å². The van der Waals surface area contributed by atoms with Gasteiger partial charge in [-0.25, -0.2) is 0 Å². The summed E-state index contributed by atoms with van der Waals surface area (Å²) < 4.78 is 4.94. The minimum absolute atomic E-state index is 0.0962. The van der Waals surface area contributed by atoms with Gasteiger partial charge in [-0.2, -0.15) is 0 Å². The van der Waals surface area contributed by atoms with E-state index in [9.17, 15) is 9.59 Å². The van der Waals surface area contributed by atoms with Crippen molar-refractivity contribution in [2.24, 2.45) is 5.92 Å². The number of anilines is 1. The van der Waals surface area contributed by atoms with Gasteiger partial charge in [-0.05, 0) is 19.1 Å². The summed E-state index contributed by atoms with van der Waals surface area (Å²) in [4.78, 5) is 25.1. The van der Waals surface area contributed by atoms with Crippen LogP contribution in [0.15, 0.2) is 24.3 Å². The summed E-state index contributed by atoms with van der Waals surface area (Å²) in [5.74, 6) is -0.810. The van der Waals surface area contributed by atoms with Gasteiger partial charge in [0.1, 0.15) is 0 Å². The summed E-state index contributed by atoms with van der Waals surface area (Å²) in [7, 11) is 0. The Morgan fingerprint density at radius 3 is 2.89 bits per heavy atom. The first-order valence-corrected chi connectivity index (χ1v) is 6.22. The van der Waals surface area contributed by atoms with Crippen LogP contribution in [0.5, 0.6) is 0 Å². The van der Waals surface area contributed by atoms with Gasteiger partial charge in [0.15, 0.2) is 0 Å². The molecule has 0 unspecified atom stereocenters. The van der Waals surface area contributed by atoms with Crippen molar-refractivity contribution in [3.8, 4) is 0 Å². The highest BCUT2D eigenvalue weighted by atomic mass is 35.5. The fourth-order valence-electron chi connectivity index (χ4n) is 2.03. The minimum Gasteiger partial charge on any atom is -0.466 e. The van der Waals surface area contributed by atoms with E-state index in [1.165, 1.54) is 0 Å². The maximum Gasteiger partial charge on any atom is 0.311 e. The fraction of sp³-hybridized carbons (Fsp3) is 0.385. The zero-order chi connectivity index (χ0) is 13.1. The number of carbonyl (C=O) groups excluding carboxylic acids is 2. The molecule has 0 saturated carbocycles. The lowest BCUT2D eigenvalue weighted by atomic mass is 10.1. The molecule has 5 heteroatoms. The van der Waals surface area contributed by atoms with Crippen LogP contribution in [0, 0.1) is 5.92 Å². The van der Waals surface area contributed by atoms with E-state index >= 15 is 0 Å². The van der Waals surface area contributed by atoms with Crippen LogP contribution >= 0.6 is 11.6 Å². The Bertz CT molecular complexity index is 475. The van der Waals surface area contributed by atoms with Gasteiger partial charge in [-0.3, -0.25) is 9.59 Å². The van der Waals surface area contributed by atoms with E-state index in [2.05, 4.69) is 0 Å². The Balaban J connectivity index is 2.15. The van der Waals surface area contributed by atoms with Crippen molar-refractivity contribution in [1.29, 1.82) is 0 Å². The molecule has 0 aromatic heterocycles. The van der Waals surface area contributed by atoms with E-state index in [4.69, 9.17) is 16.3 Å². The monoisotopic (exact) mass is 267 g/mol. The molecule has 0 spiro atoms. The number of halogens is 1. The van der Waals surface area contributed by atoms with Crippen molar-refractivity contribution in [1.82, 2.24) is 0 Å². The molecule has 1 atom stereocenters. The van der Waals surface area contributed by atoms with Crippen molar-refractivity contribution < 1.29 is 14.3 Å². The Hall–Kier alpha value is -1.55. The Kier molecular flexibility index (Phi) is 3.87. The van der Waals surface area contributed by atoms with E-state index in [-0.39, 0.29) is 18.3 Å². The molecule has 96 valence electrons. The quantitative estimate of drug-likeness (QED) is 0.789. The van der Waals surface area contributed by atoms with E-state index in [0.29, 0.717) is 23.9 Å². The van der Waals surface area contributed by atoms with Gasteiger partial charge < -0.3 is 9.64 Å². The SMILES string of the molecule is CCOC(=O)[C@H]1CC(=O)N(c2ccccc2Cl)C1. The molecule has 1 heterocycles. The molecule has 1 fully saturated rings. The van der Waals surface area contributed by atoms with Gasteiger partial charge in [-0.15, -0.1) is 0 Å². The molecule has 2 rings (SSSR count). The van der Waals surface area contributed by atoms with Crippen LogP contribution in [-0.2, 0) is 14.3 Å². The molecule has 0 N–H and O–H groups in total. The van der Waals surface area contributed by atoms with Crippen LogP contribution in [0.3, 0.4) is 0 Å². The molecule has 1 saturated heterocycles. The topological polar surface area (TPSA) is 46.6 Å². The zero-order valence-electron chi connectivity index (χ0n) is 10.1. The third-order valence-corrected chi connectivity index (χ3v) is 3.21. The first-order valence-electron chi connectivity index (χ1n) is 5.85. The molecule has 0 radical (unpaired) electrons. The van der Waals surface area contributed by atoms with Gasteiger partial charge in [-0.1, -0.05) is 23.7 Å². The first kappa shape index (κ1) is 12.9. The fourth-order valence-corrected chi connectivity index (χ4v) is 2.27. The van der Waals surface area contributed by atoms with Crippen molar-refractivity contribution in [2.45, 2.75) is 13.3 Å². The van der Waals surface area contributed by atoms with E-state index in [1.807, 2.05) is 6.07 Å². The number of ether oxygens (including phenoxy) is 1. The number of para-hydroxylation sites is 1. The molecular weight excluding hydrogens is 254 g/mol. The molecule has 1 amide bonds. The largest absolute Gasteiger partial charge is 0.466 e. The minimum atomic E-state index is -0.395. The van der Waals surface area contributed by atoms with Crippen LogP contribution in [0.2, 0.25) is 5.02 Å². The highest BCUT2D eigenvalue weighted by molar-refractivity contribution is 6.33. The average molecular weight is 268 g/mol. The van der Waals surface area contributed by atoms with E-state index in [1.54, 1.807) is 30.0 Å². The molecule has 1 aliphatic rings. The van der Waals surface area contributed by atoms with Crippen LogP contribution in [-0.4, -0.2) is 25.0 Å². The van der Waals surface area contributed by atoms with Crippen molar-refractivity contribution >= 4 is 29.2 Å². The predicted octanol–water partition coefficient (Wildman–Crippen LogP) is 2.26. The lowest BCUT2D eigenvalue weighted by molar-refractivity contribution is -0.147. The smallest absolute Gasteiger partial charge is 0.311 e. The number of esters is 1. The van der Waals surface area contributed by atoms with Gasteiger partial charge in [0.05, 0.1) is 23.2 Å². The maximum atomic E-state index is 11.9. The summed E-state index contributed by atoms with van der Waals surface area (Å²) in [6.45, 7) is 2.41. The number of carbonyl (C=O) groups is 2. The lowest BCUT2D eigenvalue weighted by Gasteiger charge is -2.17. The summed E-state index contributed by atoms with van der Waals surface area (Å²) in [6.07, 6.45) is 0.185. The van der Waals surface area contributed by atoms with Gasteiger partial charge in [0, 0.05) is 13.0 Å². The second-order valence-corrected chi connectivity index (χ2v) is 4.52. The zero-order valence-corrected chi connectivity index (χ0v) is 10.8. The second kappa shape index (κ2) is 5.40. The normalized spacial score (nSPS) is 19.1. The summed E-state index contributed by atoms with van der Waals surface area (Å²) in [5.41, 5.74) is 0.649. The molecule has 0 aliphatic carbocycles. The molecule has 1 aromatic rings. The third kappa shape index (κ3) is 2.48. The number of hydrogen-bond acceptors (Lipinski definition) is 3. The molecule has 0 bridgehead atoms. The standard InChI is InChI=1S/C13H14ClNO3/c1-2-18-13(17)9-7-12(16)15(8-9)11-6-4-3-5-10(11)14/h3-6,9H,2,7-8H2,1H3/t9-/m0/s1. The van der Waals surface area contributed by atoms with Gasteiger partial charge >= 0.3 is 5.97 Å². The van der Waals surface area contributed by atoms with Gasteiger partial charge in [0.25, 0.3) is 0 Å². The van der Waals surface area contributed by atoms with Gasteiger partial charge in [0.2, 0.25) is 5.91 Å². The highest BCUT2D eigenvalue weighted by Gasteiger charge is 2.36. The summed E-state index contributed by atoms with van der Waals surface area (Å²) >= 11 is 6.05. The van der Waals surface area contributed by atoms with E-state index in [0.717, 1.165) is 0 Å². The molecular formula is C13H14ClNO3. The van der Waals surface area contributed by atoms with E-state index < -0.39 is 5.92 Å². The van der Waals surface area contributed by atoms with Crippen LogP contribution < -0.4 is 4.90 Å². The second-order valence-electron chi connectivity index (χ2n) is 4.11. The van der Waals surface area contributed by atoms with Crippen LogP contribution in [0.25, 0.3) is 0 Å². The predicted molar refractivity (Wildman–Crippen MR) is 68.5 cm³/mol. The summed E-state index contributed by atoms with van der Waals surface area (Å²) in [6, 6.07) is 7.11. The number of benzene rings is 1. The Labute approximate surface area is 110 Å². The lowest BCUT2D eigenvalue weighted by Crippen LogP contribution is -2.26. The van der Waals surface area contributed by atoms with Crippen LogP contribution in [0.4, 0.5) is 5.69 Å². The van der Waals surface area contributed by atoms with Crippen molar-refractivity contribution in [3.05, 3.63) is 29.3 Å². The molecule has 4 nitrogen and oxygen atoms in total. The molecule has 1 aromatic carbocycles. The van der Waals surface area contributed by atoms with Crippen molar-refractivity contribution in [2.75, 3.05) is 18.1 Å². The summed E-state index contributed by atoms with van der Waals surface area (Å²) in [5, 5.41) is 0.510. The van der Waals surface area contributed by atoms with Crippen molar-refractivity contribution in [3.63, 3.8) is 0 Å². The number of amides is 1. The third-order valence-electron chi connectivity index (χ3n) is 2.89. The number of rotatable bonds is 3. The maximum absolute atomic E-state index is 11.9. The molecule has 18 heavy (non-hydrogen) atoms. The Morgan fingerprint density at radius 1 is 1.50 bits per heavy atom. The highest BCUT2D eigenvalue weighted by Crippen LogP contribution is 2.31.